The van der Waals surface area contributed by atoms with E-state index in [0.717, 1.165) is 52.2 Å². The molecule has 2 aromatic heterocycles. The van der Waals surface area contributed by atoms with Crippen molar-refractivity contribution in [2.45, 2.75) is 6.54 Å². The molecule has 41 heavy (non-hydrogen) atoms. The SMILES string of the molecule is COc1ccc(OC)c(-c2cc(-c3ccccc3)nc3sc(C(=O)N4CCN(Cc5ccccc5)CC4)c(N)c23)c1. The van der Waals surface area contributed by atoms with E-state index in [9.17, 15) is 4.79 Å². The number of nitrogens with zero attached hydrogens (tertiary/aromatic N) is 3. The molecule has 3 heterocycles. The Kier molecular flexibility index (Phi) is 7.59. The number of pyridine rings is 1. The fraction of sp³-hybridized carbons (Fsp3) is 0.212. The van der Waals surface area contributed by atoms with Crippen molar-refractivity contribution in [2.75, 3.05) is 46.1 Å². The number of amides is 1. The van der Waals surface area contributed by atoms with E-state index >= 15 is 0 Å². The Balaban J connectivity index is 1.38. The van der Waals surface area contributed by atoms with E-state index in [2.05, 4.69) is 29.2 Å². The Labute approximate surface area is 243 Å². The summed E-state index contributed by atoms with van der Waals surface area (Å²) in [5, 5.41) is 0.757. The Morgan fingerprint density at radius 3 is 2.27 bits per heavy atom. The van der Waals surface area contributed by atoms with E-state index in [1.807, 2.05) is 65.6 Å². The molecular weight excluding hydrogens is 532 g/mol. The number of hydrogen-bond donors (Lipinski definition) is 1. The number of thiophene rings is 1. The smallest absolute Gasteiger partial charge is 0.266 e. The number of rotatable bonds is 7. The number of benzene rings is 3. The van der Waals surface area contributed by atoms with Gasteiger partial charge in [-0.05, 0) is 29.8 Å². The minimum Gasteiger partial charge on any atom is -0.497 e. The Bertz CT molecular complexity index is 1680. The molecule has 1 amide bonds. The lowest BCUT2D eigenvalue weighted by Crippen LogP contribution is -2.48. The third-order valence-corrected chi connectivity index (χ3v) is 8.66. The molecular formula is C33H32N4O3S. The van der Waals surface area contributed by atoms with Crippen LogP contribution in [-0.2, 0) is 6.54 Å². The molecule has 0 atom stereocenters. The molecule has 1 fully saturated rings. The van der Waals surface area contributed by atoms with Gasteiger partial charge in [-0.3, -0.25) is 9.69 Å². The third kappa shape index (κ3) is 5.36. The van der Waals surface area contributed by atoms with Gasteiger partial charge in [0.05, 0.1) is 25.6 Å². The van der Waals surface area contributed by atoms with Crippen LogP contribution in [0.1, 0.15) is 15.2 Å². The fourth-order valence-corrected chi connectivity index (χ4v) is 6.46. The number of carbonyl (C=O) groups excluding carboxylic acids is 1. The second kappa shape index (κ2) is 11.6. The quantitative estimate of drug-likeness (QED) is 0.254. The van der Waals surface area contributed by atoms with E-state index < -0.39 is 0 Å². The maximum Gasteiger partial charge on any atom is 0.266 e. The fourth-order valence-electron chi connectivity index (χ4n) is 5.37. The highest BCUT2D eigenvalue weighted by molar-refractivity contribution is 7.21. The van der Waals surface area contributed by atoms with Gasteiger partial charge < -0.3 is 20.1 Å². The number of hydrogen-bond acceptors (Lipinski definition) is 7. The molecule has 208 valence electrons. The van der Waals surface area contributed by atoms with Crippen LogP contribution >= 0.6 is 11.3 Å². The molecule has 3 aromatic carbocycles. The first-order valence-corrected chi connectivity index (χ1v) is 14.4. The number of piperazine rings is 1. The third-order valence-electron chi connectivity index (χ3n) is 7.57. The van der Waals surface area contributed by atoms with Crippen LogP contribution in [-0.4, -0.2) is 61.1 Å². The molecule has 1 saturated heterocycles. The second-order valence-electron chi connectivity index (χ2n) is 10.1. The lowest BCUT2D eigenvalue weighted by atomic mass is 9.98. The van der Waals surface area contributed by atoms with Gasteiger partial charge >= 0.3 is 0 Å². The van der Waals surface area contributed by atoms with E-state index in [0.29, 0.717) is 35.2 Å². The molecule has 1 aliphatic heterocycles. The average Bonchev–Trinajstić information content (AvgIpc) is 3.37. The van der Waals surface area contributed by atoms with Gasteiger partial charge in [0.2, 0.25) is 0 Å². The van der Waals surface area contributed by atoms with Crippen LogP contribution in [0.4, 0.5) is 5.69 Å². The van der Waals surface area contributed by atoms with Crippen LogP contribution in [0.5, 0.6) is 11.5 Å². The number of nitrogen functional groups attached to an aromatic ring is 1. The van der Waals surface area contributed by atoms with Crippen LogP contribution < -0.4 is 15.2 Å². The number of aromatic nitrogens is 1. The number of carbonyl (C=O) groups is 1. The van der Waals surface area contributed by atoms with Crippen LogP contribution in [0.25, 0.3) is 32.6 Å². The second-order valence-corrected chi connectivity index (χ2v) is 11.1. The summed E-state index contributed by atoms with van der Waals surface area (Å²) in [6.07, 6.45) is 0. The van der Waals surface area contributed by atoms with E-state index in [-0.39, 0.29) is 5.91 Å². The van der Waals surface area contributed by atoms with Gasteiger partial charge in [-0.2, -0.15) is 0 Å². The highest BCUT2D eigenvalue weighted by Crippen LogP contribution is 2.45. The molecule has 5 aromatic rings. The van der Waals surface area contributed by atoms with Gasteiger partial charge in [0.15, 0.2) is 0 Å². The van der Waals surface area contributed by atoms with Crippen molar-refractivity contribution in [1.29, 1.82) is 0 Å². The average molecular weight is 565 g/mol. The summed E-state index contributed by atoms with van der Waals surface area (Å²) >= 11 is 1.36. The molecule has 0 saturated carbocycles. The van der Waals surface area contributed by atoms with Gasteiger partial charge in [-0.15, -0.1) is 11.3 Å². The number of methoxy groups -OCH3 is 2. The summed E-state index contributed by atoms with van der Waals surface area (Å²) in [5.74, 6) is 1.34. The zero-order valence-electron chi connectivity index (χ0n) is 23.2. The van der Waals surface area contributed by atoms with Crippen molar-refractivity contribution in [1.82, 2.24) is 14.8 Å². The zero-order valence-corrected chi connectivity index (χ0v) is 24.0. The summed E-state index contributed by atoms with van der Waals surface area (Å²) in [4.78, 5) is 24.4. The first kappa shape index (κ1) is 26.8. The van der Waals surface area contributed by atoms with Crippen molar-refractivity contribution < 1.29 is 14.3 Å². The van der Waals surface area contributed by atoms with Crippen LogP contribution in [0.15, 0.2) is 84.9 Å². The van der Waals surface area contributed by atoms with Crippen LogP contribution in [0.2, 0.25) is 0 Å². The van der Waals surface area contributed by atoms with Crippen LogP contribution in [0, 0.1) is 0 Å². The lowest BCUT2D eigenvalue weighted by molar-refractivity contribution is 0.0634. The summed E-state index contributed by atoms with van der Waals surface area (Å²) in [7, 11) is 3.28. The highest BCUT2D eigenvalue weighted by Gasteiger charge is 2.28. The topological polar surface area (TPSA) is 80.9 Å². The number of fused-ring (bicyclic) bond motifs is 1. The zero-order chi connectivity index (χ0) is 28.3. The monoisotopic (exact) mass is 564 g/mol. The van der Waals surface area contributed by atoms with Gasteiger partial charge in [0.25, 0.3) is 5.91 Å². The largest absolute Gasteiger partial charge is 0.497 e. The minimum absolute atomic E-state index is 0.0466. The summed E-state index contributed by atoms with van der Waals surface area (Å²) in [6, 6.07) is 28.1. The first-order valence-electron chi connectivity index (χ1n) is 13.6. The molecule has 0 unspecified atom stereocenters. The molecule has 0 aliphatic carbocycles. The van der Waals surface area contributed by atoms with Crippen molar-refractivity contribution in [3.63, 3.8) is 0 Å². The predicted molar refractivity (Wildman–Crippen MR) is 166 cm³/mol. The first-order chi connectivity index (χ1) is 20.1. The Hall–Kier alpha value is -4.40. The molecule has 0 spiro atoms. The molecule has 0 radical (unpaired) electrons. The van der Waals surface area contributed by atoms with Gasteiger partial charge in [-0.1, -0.05) is 60.7 Å². The molecule has 7 nitrogen and oxygen atoms in total. The predicted octanol–water partition coefficient (Wildman–Crippen LogP) is 6.19. The standard InChI is InChI=1S/C33H32N4O3S/c1-39-24-13-14-28(40-2)25(19-24)26-20-27(23-11-7-4-8-12-23)35-32-29(26)30(34)31(41-32)33(38)37-17-15-36(16-18-37)21-22-9-5-3-6-10-22/h3-14,19-20H,15-18,21,34H2,1-2H3. The maximum absolute atomic E-state index is 13.8. The molecule has 2 N–H and O–H groups in total. The molecule has 0 bridgehead atoms. The van der Waals surface area contributed by atoms with E-state index in [4.69, 9.17) is 20.2 Å². The number of nitrogens with two attached hydrogens (primary N) is 1. The maximum atomic E-state index is 13.8. The van der Waals surface area contributed by atoms with Crippen LogP contribution in [0.3, 0.4) is 0 Å². The Morgan fingerprint density at radius 1 is 0.878 bits per heavy atom. The lowest BCUT2D eigenvalue weighted by Gasteiger charge is -2.34. The van der Waals surface area contributed by atoms with Gasteiger partial charge in [-0.25, -0.2) is 4.98 Å². The highest BCUT2D eigenvalue weighted by atomic mass is 32.1. The van der Waals surface area contributed by atoms with Crippen molar-refractivity contribution in [3.8, 4) is 33.9 Å². The number of anilines is 1. The molecule has 6 rings (SSSR count). The van der Waals surface area contributed by atoms with Crippen molar-refractivity contribution in [3.05, 3.63) is 95.4 Å². The molecule has 1 aliphatic rings. The van der Waals surface area contributed by atoms with E-state index in [1.54, 1.807) is 14.2 Å². The summed E-state index contributed by atoms with van der Waals surface area (Å²) in [6.45, 7) is 3.81. The van der Waals surface area contributed by atoms with Gasteiger partial charge in [0.1, 0.15) is 21.2 Å². The molecule has 8 heteroatoms. The normalized spacial score (nSPS) is 13.9. The van der Waals surface area contributed by atoms with Gasteiger partial charge in [0, 0.05) is 54.8 Å². The van der Waals surface area contributed by atoms with Crippen molar-refractivity contribution in [2.24, 2.45) is 0 Å². The van der Waals surface area contributed by atoms with E-state index in [1.165, 1.54) is 16.9 Å². The summed E-state index contributed by atoms with van der Waals surface area (Å²) < 4.78 is 11.3. The Morgan fingerprint density at radius 2 is 1.59 bits per heavy atom. The van der Waals surface area contributed by atoms with Crippen molar-refractivity contribution >= 4 is 33.1 Å². The summed E-state index contributed by atoms with van der Waals surface area (Å²) in [5.41, 5.74) is 12.0. The minimum atomic E-state index is -0.0466. The number of ether oxygens (including phenoxy) is 2.